The van der Waals surface area contributed by atoms with Gasteiger partial charge in [0.05, 0.1) is 29.2 Å². The Balaban J connectivity index is 1.24. The van der Waals surface area contributed by atoms with Crippen LogP contribution in [0, 0.1) is 0 Å². The van der Waals surface area contributed by atoms with E-state index in [-0.39, 0.29) is 12.5 Å². The maximum atomic E-state index is 10.9. The first kappa shape index (κ1) is 23.2. The van der Waals surface area contributed by atoms with E-state index in [2.05, 4.69) is 10.1 Å². The fourth-order valence-electron chi connectivity index (χ4n) is 4.53. The van der Waals surface area contributed by atoms with Crippen molar-refractivity contribution in [3.05, 3.63) is 69.4 Å². The number of halogens is 2. The Morgan fingerprint density at radius 2 is 1.74 bits per heavy atom. The van der Waals surface area contributed by atoms with Crippen molar-refractivity contribution < 1.29 is 19.2 Å². The minimum Gasteiger partial charge on any atom is -0.481 e. The Bertz CT molecular complexity index is 1150. The maximum absolute atomic E-state index is 10.9. The molecule has 2 fully saturated rings. The predicted molar refractivity (Wildman–Crippen MR) is 132 cm³/mol. The predicted octanol–water partition coefficient (Wildman–Crippen LogP) is 6.34. The zero-order chi connectivity index (χ0) is 23.7. The molecule has 8 heteroatoms. The molecule has 2 aromatic carbocycles. The minimum absolute atomic E-state index is 0.0449. The minimum atomic E-state index is -0.816. The summed E-state index contributed by atoms with van der Waals surface area (Å²) in [5, 5.41) is 14.4. The lowest BCUT2D eigenvalue weighted by Crippen LogP contribution is -2.37. The SMILES string of the molecule is O=C(O)Cc1ccc(N2CCC(OCc3c(-c4c(Cl)cccc4Cl)noc3C3CC3)CC2)cc1. The van der Waals surface area contributed by atoms with Crippen LogP contribution in [0.2, 0.25) is 10.0 Å². The van der Waals surface area contributed by atoms with Gasteiger partial charge < -0.3 is 19.3 Å². The molecule has 0 amide bonds. The number of carbonyl (C=O) groups is 1. The molecular weight excluding hydrogens is 475 g/mol. The first-order chi connectivity index (χ1) is 16.5. The summed E-state index contributed by atoms with van der Waals surface area (Å²) < 4.78 is 12.1. The van der Waals surface area contributed by atoms with Gasteiger partial charge in [-0.05, 0) is 55.5 Å². The van der Waals surface area contributed by atoms with Gasteiger partial charge in [0, 0.05) is 35.8 Å². The Morgan fingerprint density at radius 3 is 2.35 bits per heavy atom. The van der Waals surface area contributed by atoms with Crippen LogP contribution in [0.5, 0.6) is 0 Å². The summed E-state index contributed by atoms with van der Waals surface area (Å²) in [6.07, 6.45) is 4.19. The number of benzene rings is 2. The van der Waals surface area contributed by atoms with Crippen LogP contribution in [0.4, 0.5) is 5.69 Å². The molecule has 0 unspecified atom stereocenters. The van der Waals surface area contributed by atoms with Gasteiger partial charge in [-0.1, -0.05) is 46.6 Å². The average Bonchev–Trinajstić information content (AvgIpc) is 3.58. The average molecular weight is 501 g/mol. The topological polar surface area (TPSA) is 75.8 Å². The molecule has 0 radical (unpaired) electrons. The quantitative estimate of drug-likeness (QED) is 0.388. The molecule has 1 aromatic heterocycles. The molecular formula is C26H26Cl2N2O4. The van der Waals surface area contributed by atoms with E-state index in [1.165, 1.54) is 0 Å². The van der Waals surface area contributed by atoms with Crippen LogP contribution >= 0.6 is 23.2 Å². The van der Waals surface area contributed by atoms with Crippen molar-refractivity contribution in [1.82, 2.24) is 5.16 Å². The molecule has 2 heterocycles. The number of carboxylic acid groups (broad SMARTS) is 1. The van der Waals surface area contributed by atoms with Crippen molar-refractivity contribution in [2.75, 3.05) is 18.0 Å². The number of ether oxygens (including phenoxy) is 1. The molecule has 5 rings (SSSR count). The number of hydrogen-bond acceptors (Lipinski definition) is 5. The monoisotopic (exact) mass is 500 g/mol. The summed E-state index contributed by atoms with van der Waals surface area (Å²) in [6, 6.07) is 13.2. The van der Waals surface area contributed by atoms with Gasteiger partial charge >= 0.3 is 5.97 Å². The number of nitrogens with zero attached hydrogens (tertiary/aromatic N) is 2. The largest absolute Gasteiger partial charge is 0.481 e. The zero-order valence-corrected chi connectivity index (χ0v) is 20.2. The number of aromatic nitrogens is 1. The highest BCUT2D eigenvalue weighted by Gasteiger charge is 2.34. The third-order valence-corrected chi connectivity index (χ3v) is 7.16. The van der Waals surface area contributed by atoms with Crippen LogP contribution in [-0.2, 0) is 22.6 Å². The summed E-state index contributed by atoms with van der Waals surface area (Å²) in [7, 11) is 0. The van der Waals surface area contributed by atoms with Crippen molar-refractivity contribution in [1.29, 1.82) is 0 Å². The molecule has 1 aliphatic heterocycles. The van der Waals surface area contributed by atoms with Crippen molar-refractivity contribution in [3.8, 4) is 11.3 Å². The summed E-state index contributed by atoms with van der Waals surface area (Å²) in [5.74, 6) is 0.472. The lowest BCUT2D eigenvalue weighted by atomic mass is 10.0. The van der Waals surface area contributed by atoms with Gasteiger partial charge in [-0.2, -0.15) is 0 Å². The van der Waals surface area contributed by atoms with Crippen molar-refractivity contribution in [2.24, 2.45) is 0 Å². The molecule has 2 aliphatic rings. The molecule has 3 aromatic rings. The fraction of sp³-hybridized carbons (Fsp3) is 0.385. The molecule has 1 saturated heterocycles. The molecule has 1 saturated carbocycles. The normalized spacial score (nSPS) is 16.7. The molecule has 34 heavy (non-hydrogen) atoms. The number of hydrogen-bond donors (Lipinski definition) is 1. The summed E-state index contributed by atoms with van der Waals surface area (Å²) in [5.41, 5.74) is 4.24. The second-order valence-electron chi connectivity index (χ2n) is 8.98. The molecule has 1 aliphatic carbocycles. The standard InChI is InChI=1S/C26H26Cl2N2O4/c27-21-2-1-3-22(28)24(21)25-20(26(34-29-25)17-6-7-17)15-33-19-10-12-30(13-11-19)18-8-4-16(5-9-18)14-23(31)32/h1-5,8-9,17,19H,6-7,10-15H2,(H,31,32). The van der Waals surface area contributed by atoms with E-state index in [0.29, 0.717) is 33.8 Å². The highest BCUT2D eigenvalue weighted by atomic mass is 35.5. The zero-order valence-electron chi connectivity index (χ0n) is 18.7. The highest BCUT2D eigenvalue weighted by molar-refractivity contribution is 6.39. The van der Waals surface area contributed by atoms with Gasteiger partial charge in [0.15, 0.2) is 0 Å². The Morgan fingerprint density at radius 1 is 1.06 bits per heavy atom. The van der Waals surface area contributed by atoms with Gasteiger partial charge in [-0.15, -0.1) is 0 Å². The van der Waals surface area contributed by atoms with E-state index in [1.807, 2.05) is 42.5 Å². The van der Waals surface area contributed by atoms with Crippen LogP contribution in [0.25, 0.3) is 11.3 Å². The summed E-state index contributed by atoms with van der Waals surface area (Å²) in [6.45, 7) is 2.18. The van der Waals surface area contributed by atoms with E-state index in [0.717, 1.165) is 61.3 Å². The van der Waals surface area contributed by atoms with Gasteiger partial charge in [0.25, 0.3) is 0 Å². The lowest BCUT2D eigenvalue weighted by Gasteiger charge is -2.33. The second kappa shape index (κ2) is 9.98. The molecule has 178 valence electrons. The lowest BCUT2D eigenvalue weighted by molar-refractivity contribution is -0.136. The van der Waals surface area contributed by atoms with E-state index in [9.17, 15) is 4.79 Å². The van der Waals surface area contributed by atoms with Crippen molar-refractivity contribution in [3.63, 3.8) is 0 Å². The molecule has 0 atom stereocenters. The van der Waals surface area contributed by atoms with Crippen LogP contribution in [0.1, 0.15) is 48.5 Å². The Hall–Kier alpha value is -2.54. The van der Waals surface area contributed by atoms with E-state index in [4.69, 9.17) is 37.6 Å². The second-order valence-corrected chi connectivity index (χ2v) is 9.79. The van der Waals surface area contributed by atoms with E-state index in [1.54, 1.807) is 0 Å². The van der Waals surface area contributed by atoms with Crippen LogP contribution in [-0.4, -0.2) is 35.4 Å². The number of rotatable bonds is 8. The molecule has 1 N–H and O–H groups in total. The number of carboxylic acids is 1. The third kappa shape index (κ3) is 5.09. The molecule has 0 bridgehead atoms. The van der Waals surface area contributed by atoms with Gasteiger partial charge in [-0.3, -0.25) is 4.79 Å². The number of piperidine rings is 1. The van der Waals surface area contributed by atoms with Gasteiger partial charge in [-0.25, -0.2) is 0 Å². The number of aliphatic carboxylic acids is 1. The Labute approximate surface area is 208 Å². The van der Waals surface area contributed by atoms with Crippen LogP contribution in [0.3, 0.4) is 0 Å². The number of anilines is 1. The van der Waals surface area contributed by atoms with Gasteiger partial charge in [0.1, 0.15) is 11.5 Å². The first-order valence-electron chi connectivity index (χ1n) is 11.6. The first-order valence-corrected chi connectivity index (χ1v) is 12.4. The maximum Gasteiger partial charge on any atom is 0.307 e. The molecule has 6 nitrogen and oxygen atoms in total. The van der Waals surface area contributed by atoms with Crippen LogP contribution in [0.15, 0.2) is 47.0 Å². The van der Waals surface area contributed by atoms with Crippen molar-refractivity contribution in [2.45, 2.75) is 50.7 Å². The molecule has 0 spiro atoms. The van der Waals surface area contributed by atoms with Crippen molar-refractivity contribution >= 4 is 34.9 Å². The van der Waals surface area contributed by atoms with Crippen LogP contribution < -0.4 is 4.90 Å². The van der Waals surface area contributed by atoms with E-state index >= 15 is 0 Å². The smallest absolute Gasteiger partial charge is 0.307 e. The summed E-state index contributed by atoms with van der Waals surface area (Å²) in [4.78, 5) is 13.2. The third-order valence-electron chi connectivity index (χ3n) is 6.53. The van der Waals surface area contributed by atoms with Gasteiger partial charge in [0.2, 0.25) is 0 Å². The highest BCUT2D eigenvalue weighted by Crippen LogP contribution is 2.46. The summed E-state index contributed by atoms with van der Waals surface area (Å²) >= 11 is 12.9. The Kier molecular flexibility index (Phi) is 6.82. The fourth-order valence-corrected chi connectivity index (χ4v) is 5.11. The van der Waals surface area contributed by atoms with E-state index < -0.39 is 5.97 Å².